The van der Waals surface area contributed by atoms with Crippen molar-refractivity contribution in [2.24, 2.45) is 0 Å². The molecule has 0 N–H and O–H groups in total. The fraction of sp³-hybridized carbons (Fsp3) is 0.143. The average Bonchev–Trinajstić information content (AvgIpc) is 2.41. The summed E-state index contributed by atoms with van der Waals surface area (Å²) >= 11 is 5.79. The molecule has 0 amide bonds. The molecule has 19 heavy (non-hydrogen) atoms. The van der Waals surface area contributed by atoms with Crippen molar-refractivity contribution in [1.82, 2.24) is 0 Å². The molecule has 5 heteroatoms. The van der Waals surface area contributed by atoms with E-state index in [2.05, 4.69) is 0 Å². The smallest absolute Gasteiger partial charge is 0.269 e. The molecule has 0 unspecified atom stereocenters. The normalized spacial score (nSPS) is 10.4. The van der Waals surface area contributed by atoms with Crippen LogP contribution in [-0.4, -0.2) is 4.92 Å². The van der Waals surface area contributed by atoms with Crippen molar-refractivity contribution in [1.29, 1.82) is 0 Å². The van der Waals surface area contributed by atoms with Crippen LogP contribution in [0.3, 0.4) is 0 Å². The molecule has 0 aliphatic rings. The molecule has 2 rings (SSSR count). The van der Waals surface area contributed by atoms with Crippen LogP contribution >= 0.6 is 11.6 Å². The molecule has 0 aromatic heterocycles. The Morgan fingerprint density at radius 1 is 0.947 bits per heavy atom. The number of non-ortho nitro benzene ring substituents is 1. The van der Waals surface area contributed by atoms with E-state index in [-0.39, 0.29) is 5.69 Å². The molecule has 0 aliphatic heterocycles. The van der Waals surface area contributed by atoms with Crippen LogP contribution in [-0.2, 0) is 18.0 Å². The van der Waals surface area contributed by atoms with Crippen LogP contribution in [0.1, 0.15) is 11.1 Å². The number of halogens is 1. The summed E-state index contributed by atoms with van der Waals surface area (Å²) in [6.45, 7) is 0.898. The second-order valence-electron chi connectivity index (χ2n) is 4.04. The molecule has 98 valence electrons. The molecule has 0 spiro atoms. The number of hydrogen-bond acceptors (Lipinski definition) is 3. The lowest BCUT2D eigenvalue weighted by atomic mass is 10.2. The van der Waals surface area contributed by atoms with E-state index in [0.717, 1.165) is 11.1 Å². The minimum Gasteiger partial charge on any atom is -0.372 e. The van der Waals surface area contributed by atoms with Gasteiger partial charge in [-0.1, -0.05) is 23.7 Å². The SMILES string of the molecule is O=[N+]([O-])c1ccc(COCc2ccc(Cl)cc2)cc1. The van der Waals surface area contributed by atoms with Gasteiger partial charge in [-0.15, -0.1) is 0 Å². The van der Waals surface area contributed by atoms with Crippen LogP contribution in [0.4, 0.5) is 5.69 Å². The summed E-state index contributed by atoms with van der Waals surface area (Å²) in [5, 5.41) is 11.2. The number of rotatable bonds is 5. The molecule has 0 fully saturated rings. The van der Waals surface area contributed by atoms with Gasteiger partial charge in [0.15, 0.2) is 0 Å². The summed E-state index contributed by atoms with van der Waals surface area (Å²) in [5.41, 5.74) is 2.02. The van der Waals surface area contributed by atoms with Gasteiger partial charge < -0.3 is 4.74 Å². The predicted molar refractivity (Wildman–Crippen MR) is 73.0 cm³/mol. The zero-order valence-electron chi connectivity index (χ0n) is 10.1. The standard InChI is InChI=1S/C14H12ClNO3/c15-13-5-1-11(2-6-13)9-19-10-12-3-7-14(8-4-12)16(17)18/h1-8H,9-10H2. The first-order valence-corrected chi connectivity index (χ1v) is 6.08. The average molecular weight is 278 g/mol. The van der Waals surface area contributed by atoms with Gasteiger partial charge in [0.25, 0.3) is 5.69 Å². The highest BCUT2D eigenvalue weighted by Crippen LogP contribution is 2.14. The van der Waals surface area contributed by atoms with E-state index in [1.54, 1.807) is 12.1 Å². The molecular weight excluding hydrogens is 266 g/mol. The summed E-state index contributed by atoms with van der Waals surface area (Å²) < 4.78 is 5.53. The molecule has 0 aliphatic carbocycles. The molecule has 0 saturated heterocycles. The molecule has 0 radical (unpaired) electrons. The maximum absolute atomic E-state index is 10.5. The topological polar surface area (TPSA) is 52.4 Å². The predicted octanol–water partition coefficient (Wildman–Crippen LogP) is 3.97. The lowest BCUT2D eigenvalue weighted by Crippen LogP contribution is -1.94. The third kappa shape index (κ3) is 4.05. The van der Waals surface area contributed by atoms with Crippen molar-refractivity contribution >= 4 is 17.3 Å². The van der Waals surface area contributed by atoms with Gasteiger partial charge in [-0.3, -0.25) is 10.1 Å². The van der Waals surface area contributed by atoms with Gasteiger partial charge in [-0.25, -0.2) is 0 Å². The monoisotopic (exact) mass is 277 g/mol. The summed E-state index contributed by atoms with van der Waals surface area (Å²) in [6.07, 6.45) is 0. The van der Waals surface area contributed by atoms with Crippen LogP contribution in [0.25, 0.3) is 0 Å². The number of nitrogens with zero attached hydrogens (tertiary/aromatic N) is 1. The van der Waals surface area contributed by atoms with Crippen LogP contribution in [0, 0.1) is 10.1 Å². The van der Waals surface area contributed by atoms with E-state index in [1.165, 1.54) is 12.1 Å². The highest BCUT2D eigenvalue weighted by molar-refractivity contribution is 6.30. The molecule has 0 saturated carbocycles. The van der Waals surface area contributed by atoms with Gasteiger partial charge in [-0.2, -0.15) is 0 Å². The third-order valence-corrected chi connectivity index (χ3v) is 2.85. The first-order chi connectivity index (χ1) is 9.15. The summed E-state index contributed by atoms with van der Waals surface area (Å²) in [6, 6.07) is 13.8. The Morgan fingerprint density at radius 3 is 1.89 bits per heavy atom. The largest absolute Gasteiger partial charge is 0.372 e. The van der Waals surface area contributed by atoms with Gasteiger partial charge in [0.2, 0.25) is 0 Å². The first-order valence-electron chi connectivity index (χ1n) is 5.70. The van der Waals surface area contributed by atoms with E-state index < -0.39 is 4.92 Å². The van der Waals surface area contributed by atoms with Crippen molar-refractivity contribution in [3.63, 3.8) is 0 Å². The van der Waals surface area contributed by atoms with Crippen molar-refractivity contribution in [2.45, 2.75) is 13.2 Å². The second kappa shape index (κ2) is 6.31. The van der Waals surface area contributed by atoms with Gasteiger partial charge >= 0.3 is 0 Å². The Kier molecular flexibility index (Phi) is 4.49. The minimum absolute atomic E-state index is 0.0847. The number of nitro benzene ring substituents is 1. The van der Waals surface area contributed by atoms with Crippen molar-refractivity contribution < 1.29 is 9.66 Å². The quantitative estimate of drug-likeness (QED) is 0.614. The van der Waals surface area contributed by atoms with Gasteiger partial charge in [0.05, 0.1) is 18.1 Å². The Bertz CT molecular complexity index is 552. The highest BCUT2D eigenvalue weighted by atomic mass is 35.5. The fourth-order valence-electron chi connectivity index (χ4n) is 1.58. The molecule has 0 heterocycles. The fourth-order valence-corrected chi connectivity index (χ4v) is 1.71. The Hall–Kier alpha value is -1.91. The van der Waals surface area contributed by atoms with E-state index >= 15 is 0 Å². The first kappa shape index (κ1) is 13.5. The maximum Gasteiger partial charge on any atom is 0.269 e. The Balaban J connectivity index is 1.85. The van der Waals surface area contributed by atoms with Crippen molar-refractivity contribution in [3.8, 4) is 0 Å². The van der Waals surface area contributed by atoms with Gasteiger partial charge in [-0.05, 0) is 35.4 Å². The number of benzene rings is 2. The van der Waals surface area contributed by atoms with Crippen molar-refractivity contribution in [3.05, 3.63) is 74.8 Å². The summed E-state index contributed by atoms with van der Waals surface area (Å²) in [7, 11) is 0. The lowest BCUT2D eigenvalue weighted by Gasteiger charge is -2.04. The van der Waals surface area contributed by atoms with Crippen LogP contribution in [0.2, 0.25) is 5.02 Å². The molecule has 0 bridgehead atoms. The second-order valence-corrected chi connectivity index (χ2v) is 4.48. The zero-order chi connectivity index (χ0) is 13.7. The summed E-state index contributed by atoms with van der Waals surface area (Å²) in [4.78, 5) is 10.1. The van der Waals surface area contributed by atoms with Gasteiger partial charge in [0.1, 0.15) is 0 Å². The Labute approximate surface area is 115 Å². The maximum atomic E-state index is 10.5. The number of ether oxygens (including phenoxy) is 1. The molecule has 2 aromatic rings. The van der Waals surface area contributed by atoms with E-state index in [1.807, 2.05) is 24.3 Å². The van der Waals surface area contributed by atoms with Crippen LogP contribution in [0.5, 0.6) is 0 Å². The molecular formula is C14H12ClNO3. The van der Waals surface area contributed by atoms with Crippen LogP contribution < -0.4 is 0 Å². The Morgan fingerprint density at radius 2 is 1.42 bits per heavy atom. The lowest BCUT2D eigenvalue weighted by molar-refractivity contribution is -0.384. The third-order valence-electron chi connectivity index (χ3n) is 2.60. The summed E-state index contributed by atoms with van der Waals surface area (Å²) in [5.74, 6) is 0. The van der Waals surface area contributed by atoms with E-state index in [9.17, 15) is 10.1 Å². The minimum atomic E-state index is -0.418. The van der Waals surface area contributed by atoms with E-state index in [4.69, 9.17) is 16.3 Å². The van der Waals surface area contributed by atoms with E-state index in [0.29, 0.717) is 18.2 Å². The number of hydrogen-bond donors (Lipinski definition) is 0. The molecule has 4 nitrogen and oxygen atoms in total. The highest BCUT2D eigenvalue weighted by Gasteiger charge is 2.03. The number of nitro groups is 1. The molecule has 0 atom stereocenters. The van der Waals surface area contributed by atoms with Crippen LogP contribution in [0.15, 0.2) is 48.5 Å². The molecule has 2 aromatic carbocycles. The van der Waals surface area contributed by atoms with Gasteiger partial charge in [0, 0.05) is 17.2 Å². The van der Waals surface area contributed by atoms with Crippen molar-refractivity contribution in [2.75, 3.05) is 0 Å². The zero-order valence-corrected chi connectivity index (χ0v) is 10.8.